The van der Waals surface area contributed by atoms with Crippen molar-refractivity contribution >= 4 is 12.1 Å². The van der Waals surface area contributed by atoms with Crippen molar-refractivity contribution in [2.24, 2.45) is 0 Å². The van der Waals surface area contributed by atoms with Gasteiger partial charge in [0.05, 0.1) is 10.5 Å². The van der Waals surface area contributed by atoms with Gasteiger partial charge in [-0.3, -0.25) is 15.4 Å². The van der Waals surface area contributed by atoms with Crippen LogP contribution >= 0.6 is 0 Å². The van der Waals surface area contributed by atoms with E-state index < -0.39 is 34.5 Å². The van der Waals surface area contributed by atoms with Gasteiger partial charge in [-0.05, 0) is 32.9 Å². The van der Waals surface area contributed by atoms with E-state index in [4.69, 9.17) is 9.47 Å². The maximum absolute atomic E-state index is 11.8. The molecule has 1 aromatic carbocycles. The van der Waals surface area contributed by atoms with Gasteiger partial charge in [-0.25, -0.2) is 9.59 Å². The summed E-state index contributed by atoms with van der Waals surface area (Å²) < 4.78 is 9.73. The van der Waals surface area contributed by atoms with Gasteiger partial charge in [-0.15, -0.1) is 0 Å². The fourth-order valence-corrected chi connectivity index (χ4v) is 1.50. The summed E-state index contributed by atoms with van der Waals surface area (Å²) in [5.41, 5.74) is -1.03. The van der Waals surface area contributed by atoms with E-state index in [0.29, 0.717) is 0 Å². The van der Waals surface area contributed by atoms with Crippen LogP contribution in [0, 0.1) is 10.1 Å². The van der Waals surface area contributed by atoms with Crippen LogP contribution in [0.4, 0.5) is 4.79 Å². The van der Waals surface area contributed by atoms with Crippen molar-refractivity contribution in [2.45, 2.75) is 32.6 Å². The number of benzene rings is 1. The summed E-state index contributed by atoms with van der Waals surface area (Å²) in [6, 6.07) is 7.72. The average Bonchev–Trinajstić information content (AvgIpc) is 2.42. The SMILES string of the molecule is C=C(NC(=O)OC(C)(C)C)C(=O)OC(c1ccccc1)[N+](=O)[O-]. The van der Waals surface area contributed by atoms with Gasteiger partial charge in [0, 0.05) is 0 Å². The molecule has 1 amide bonds. The average molecular weight is 322 g/mol. The normalized spacial score (nSPS) is 12.0. The number of nitrogens with one attached hydrogen (secondary N) is 1. The molecule has 0 aliphatic carbocycles. The van der Waals surface area contributed by atoms with E-state index in [1.165, 1.54) is 12.1 Å². The predicted octanol–water partition coefficient (Wildman–Crippen LogP) is 2.54. The smallest absolute Gasteiger partial charge is 0.412 e. The molecule has 1 aromatic rings. The molecule has 0 aliphatic rings. The number of hydrogen-bond acceptors (Lipinski definition) is 6. The van der Waals surface area contributed by atoms with Crippen molar-refractivity contribution in [2.75, 3.05) is 0 Å². The van der Waals surface area contributed by atoms with Crippen molar-refractivity contribution in [3.63, 3.8) is 0 Å². The van der Waals surface area contributed by atoms with E-state index in [-0.39, 0.29) is 5.56 Å². The van der Waals surface area contributed by atoms with Crippen LogP contribution in [0.3, 0.4) is 0 Å². The number of alkyl carbamates (subject to hydrolysis) is 1. The molecule has 0 spiro atoms. The van der Waals surface area contributed by atoms with Gasteiger partial charge in [0.1, 0.15) is 11.3 Å². The Morgan fingerprint density at radius 3 is 2.30 bits per heavy atom. The van der Waals surface area contributed by atoms with Crippen LogP contribution in [0.5, 0.6) is 0 Å². The van der Waals surface area contributed by atoms with Crippen LogP contribution in [0.25, 0.3) is 0 Å². The number of esters is 1. The summed E-state index contributed by atoms with van der Waals surface area (Å²) in [4.78, 5) is 33.7. The number of ether oxygens (including phenoxy) is 2. The Morgan fingerprint density at radius 1 is 1.26 bits per heavy atom. The zero-order valence-electron chi connectivity index (χ0n) is 13.1. The Balaban J connectivity index is 2.71. The summed E-state index contributed by atoms with van der Waals surface area (Å²) in [6.07, 6.45) is -2.60. The van der Waals surface area contributed by atoms with Crippen LogP contribution < -0.4 is 5.32 Å². The summed E-state index contributed by atoms with van der Waals surface area (Å²) in [7, 11) is 0. The van der Waals surface area contributed by atoms with Crippen LogP contribution in [-0.2, 0) is 14.3 Å². The molecule has 0 fully saturated rings. The first kappa shape index (κ1) is 18.1. The van der Waals surface area contributed by atoms with E-state index in [2.05, 4.69) is 11.9 Å². The molecule has 0 aliphatic heterocycles. The van der Waals surface area contributed by atoms with Crippen LogP contribution in [0.2, 0.25) is 0 Å². The number of nitrogens with zero attached hydrogens (tertiary/aromatic N) is 1. The van der Waals surface area contributed by atoms with Crippen LogP contribution in [-0.4, -0.2) is 22.6 Å². The number of carbonyl (C=O) groups is 2. The highest BCUT2D eigenvalue weighted by molar-refractivity contribution is 5.91. The molecule has 124 valence electrons. The zero-order valence-corrected chi connectivity index (χ0v) is 13.1. The van der Waals surface area contributed by atoms with E-state index in [0.717, 1.165) is 0 Å². The molecule has 0 heterocycles. The Hall–Kier alpha value is -2.90. The first-order chi connectivity index (χ1) is 10.6. The Bertz CT molecular complexity index is 606. The van der Waals surface area contributed by atoms with Crippen molar-refractivity contribution in [1.29, 1.82) is 0 Å². The largest absolute Gasteiger partial charge is 0.444 e. The molecule has 0 radical (unpaired) electrons. The number of hydrogen-bond donors (Lipinski definition) is 1. The van der Waals surface area contributed by atoms with Crippen molar-refractivity contribution in [3.8, 4) is 0 Å². The van der Waals surface area contributed by atoms with Crippen LogP contribution in [0.1, 0.15) is 32.6 Å². The van der Waals surface area contributed by atoms with Gasteiger partial charge in [0.25, 0.3) is 0 Å². The highest BCUT2D eigenvalue weighted by Gasteiger charge is 2.29. The second kappa shape index (κ2) is 7.39. The lowest BCUT2D eigenvalue weighted by Crippen LogP contribution is -2.35. The second-order valence-corrected chi connectivity index (χ2v) is 5.56. The lowest BCUT2D eigenvalue weighted by atomic mass is 10.2. The molecule has 0 bridgehead atoms. The Morgan fingerprint density at radius 2 is 1.83 bits per heavy atom. The second-order valence-electron chi connectivity index (χ2n) is 5.56. The van der Waals surface area contributed by atoms with E-state index >= 15 is 0 Å². The third-order valence-electron chi connectivity index (χ3n) is 2.39. The van der Waals surface area contributed by atoms with E-state index in [1.807, 2.05) is 0 Å². The summed E-state index contributed by atoms with van der Waals surface area (Å²) in [5, 5.41) is 13.1. The number of amides is 1. The van der Waals surface area contributed by atoms with E-state index in [9.17, 15) is 19.7 Å². The molecule has 8 heteroatoms. The molecule has 1 unspecified atom stereocenters. The summed E-state index contributed by atoms with van der Waals surface area (Å²) in [5.74, 6) is -1.12. The third-order valence-corrected chi connectivity index (χ3v) is 2.39. The molecule has 1 atom stereocenters. The molecular formula is C15H18N2O6. The summed E-state index contributed by atoms with van der Waals surface area (Å²) in [6.45, 7) is 8.26. The molecule has 0 aromatic heterocycles. The van der Waals surface area contributed by atoms with Gasteiger partial charge in [-0.2, -0.15) is 0 Å². The molecule has 1 rings (SSSR count). The molecule has 0 saturated carbocycles. The third kappa shape index (κ3) is 6.16. The Kier molecular flexibility index (Phi) is 5.83. The van der Waals surface area contributed by atoms with Crippen molar-refractivity contribution in [1.82, 2.24) is 5.32 Å². The molecule has 0 saturated heterocycles. The molecular weight excluding hydrogens is 304 g/mol. The zero-order chi connectivity index (χ0) is 17.6. The van der Waals surface area contributed by atoms with Crippen molar-refractivity contribution < 1.29 is 24.0 Å². The highest BCUT2D eigenvalue weighted by atomic mass is 16.7. The molecule has 8 nitrogen and oxygen atoms in total. The Labute approximate surface area is 133 Å². The maximum atomic E-state index is 11.8. The fraction of sp³-hybridized carbons (Fsp3) is 0.333. The van der Waals surface area contributed by atoms with Gasteiger partial charge in [-0.1, -0.05) is 24.8 Å². The van der Waals surface area contributed by atoms with Gasteiger partial charge in [0.15, 0.2) is 0 Å². The molecule has 23 heavy (non-hydrogen) atoms. The van der Waals surface area contributed by atoms with Crippen molar-refractivity contribution in [3.05, 3.63) is 58.3 Å². The fourth-order valence-electron chi connectivity index (χ4n) is 1.50. The first-order valence-corrected chi connectivity index (χ1v) is 6.68. The standard InChI is InChI=1S/C15H18N2O6/c1-10(16-14(19)23-15(2,3)4)13(18)22-12(17(20)21)11-8-6-5-7-9-11/h5-9,12H,1H2,2-4H3,(H,16,19). The van der Waals surface area contributed by atoms with E-state index in [1.54, 1.807) is 39.0 Å². The van der Waals surface area contributed by atoms with Gasteiger partial charge < -0.3 is 9.47 Å². The monoisotopic (exact) mass is 322 g/mol. The number of rotatable bonds is 5. The number of nitro groups is 1. The minimum absolute atomic E-state index is 0.191. The maximum Gasteiger partial charge on any atom is 0.412 e. The minimum atomic E-state index is -1.69. The highest BCUT2D eigenvalue weighted by Crippen LogP contribution is 2.18. The predicted molar refractivity (Wildman–Crippen MR) is 80.8 cm³/mol. The van der Waals surface area contributed by atoms with Gasteiger partial charge >= 0.3 is 18.3 Å². The first-order valence-electron chi connectivity index (χ1n) is 6.68. The van der Waals surface area contributed by atoms with Crippen LogP contribution in [0.15, 0.2) is 42.6 Å². The lowest BCUT2D eigenvalue weighted by molar-refractivity contribution is -0.575. The number of carbonyl (C=O) groups excluding carboxylic acids is 2. The minimum Gasteiger partial charge on any atom is -0.444 e. The lowest BCUT2D eigenvalue weighted by Gasteiger charge is -2.20. The summed E-state index contributed by atoms with van der Waals surface area (Å²) >= 11 is 0. The van der Waals surface area contributed by atoms with Gasteiger partial charge in [0.2, 0.25) is 0 Å². The topological polar surface area (TPSA) is 108 Å². The molecule has 1 N–H and O–H groups in total. The quantitative estimate of drug-likeness (QED) is 0.293.